The molecule has 1 fully saturated rings. The highest BCUT2D eigenvalue weighted by Gasteiger charge is 2.37. The van der Waals surface area contributed by atoms with Crippen molar-refractivity contribution in [2.45, 2.75) is 37.1 Å². The van der Waals surface area contributed by atoms with Gasteiger partial charge in [-0.15, -0.1) is 0 Å². The number of carbonyl (C=O) groups excluding carboxylic acids is 1. The Labute approximate surface area is 141 Å². The highest BCUT2D eigenvalue weighted by Crippen LogP contribution is 2.16. The molecule has 2 amide bonds. The SMILES string of the molecule is O=C1N[C@@H](Cc2ccccc2)[C@@H](O)C(O)[C@@H](Cc2ccccc2)N1. The first-order valence-corrected chi connectivity index (χ1v) is 8.14. The maximum atomic E-state index is 12.1. The zero-order valence-corrected chi connectivity index (χ0v) is 13.3. The van der Waals surface area contributed by atoms with Crippen LogP contribution in [0.5, 0.6) is 0 Å². The maximum Gasteiger partial charge on any atom is 0.315 e. The van der Waals surface area contributed by atoms with Crippen molar-refractivity contribution in [3.8, 4) is 0 Å². The van der Waals surface area contributed by atoms with Gasteiger partial charge < -0.3 is 20.8 Å². The fourth-order valence-corrected chi connectivity index (χ4v) is 3.10. The van der Waals surface area contributed by atoms with Crippen molar-refractivity contribution in [3.05, 3.63) is 71.8 Å². The number of hydrogen-bond donors (Lipinski definition) is 4. The van der Waals surface area contributed by atoms with Gasteiger partial charge in [0.25, 0.3) is 0 Å². The van der Waals surface area contributed by atoms with Gasteiger partial charge in [0.1, 0.15) is 12.2 Å². The van der Waals surface area contributed by atoms with Crippen molar-refractivity contribution >= 4 is 6.03 Å². The van der Waals surface area contributed by atoms with E-state index in [0.717, 1.165) is 11.1 Å². The molecule has 0 radical (unpaired) electrons. The molecule has 126 valence electrons. The zero-order valence-electron chi connectivity index (χ0n) is 13.3. The maximum absolute atomic E-state index is 12.1. The molecule has 0 saturated carbocycles. The van der Waals surface area contributed by atoms with Crippen LogP contribution in [-0.2, 0) is 12.8 Å². The molecule has 5 heteroatoms. The lowest BCUT2D eigenvalue weighted by Gasteiger charge is -2.27. The minimum atomic E-state index is -1.04. The monoisotopic (exact) mass is 326 g/mol. The Bertz CT molecular complexity index is 605. The number of nitrogens with one attached hydrogen (secondary N) is 2. The van der Waals surface area contributed by atoms with E-state index >= 15 is 0 Å². The standard InChI is InChI=1S/C19H22N2O3/c22-17-15(11-13-7-3-1-4-8-13)20-19(24)21-16(18(17)23)12-14-9-5-2-6-10-14/h1-10,15-18,22-23H,11-12H2,(H2,20,21,24)/t15-,16+,17+,18?/m0/s1. The third kappa shape index (κ3) is 3.93. The number of aliphatic hydroxyl groups is 2. The van der Waals surface area contributed by atoms with Crippen LogP contribution in [0.3, 0.4) is 0 Å². The van der Waals surface area contributed by atoms with E-state index in [1.165, 1.54) is 0 Å². The second kappa shape index (κ2) is 7.47. The molecule has 2 aromatic rings. The first kappa shape index (κ1) is 16.5. The molecule has 5 nitrogen and oxygen atoms in total. The molecular formula is C19H22N2O3. The predicted octanol–water partition coefficient (Wildman–Crippen LogP) is 1.24. The van der Waals surface area contributed by atoms with Gasteiger partial charge in [0.05, 0.1) is 12.1 Å². The van der Waals surface area contributed by atoms with E-state index in [2.05, 4.69) is 10.6 Å². The Hall–Kier alpha value is -2.37. The topological polar surface area (TPSA) is 81.6 Å². The Morgan fingerprint density at radius 2 is 1.08 bits per heavy atom. The van der Waals surface area contributed by atoms with E-state index in [0.29, 0.717) is 12.8 Å². The van der Waals surface area contributed by atoms with Crippen molar-refractivity contribution in [1.29, 1.82) is 0 Å². The molecule has 1 heterocycles. The van der Waals surface area contributed by atoms with E-state index in [4.69, 9.17) is 0 Å². The molecular weight excluding hydrogens is 304 g/mol. The fraction of sp³-hybridized carbons (Fsp3) is 0.316. The number of urea groups is 1. The Morgan fingerprint density at radius 3 is 1.46 bits per heavy atom. The van der Waals surface area contributed by atoms with Crippen LogP contribution in [0.1, 0.15) is 11.1 Å². The van der Waals surface area contributed by atoms with Crippen molar-refractivity contribution in [1.82, 2.24) is 10.6 Å². The van der Waals surface area contributed by atoms with Crippen molar-refractivity contribution in [3.63, 3.8) is 0 Å². The van der Waals surface area contributed by atoms with Gasteiger partial charge in [-0.25, -0.2) is 4.79 Å². The van der Waals surface area contributed by atoms with Crippen LogP contribution in [0, 0.1) is 0 Å². The molecule has 24 heavy (non-hydrogen) atoms. The summed E-state index contributed by atoms with van der Waals surface area (Å²) in [4.78, 5) is 12.1. The zero-order chi connectivity index (χ0) is 16.9. The van der Waals surface area contributed by atoms with E-state index < -0.39 is 24.3 Å². The van der Waals surface area contributed by atoms with E-state index in [1.807, 2.05) is 60.7 Å². The van der Waals surface area contributed by atoms with Crippen LogP contribution in [0.2, 0.25) is 0 Å². The van der Waals surface area contributed by atoms with Crippen LogP contribution < -0.4 is 10.6 Å². The first-order valence-electron chi connectivity index (χ1n) is 8.14. The highest BCUT2D eigenvalue weighted by molar-refractivity contribution is 5.75. The van der Waals surface area contributed by atoms with Gasteiger partial charge >= 0.3 is 6.03 Å². The van der Waals surface area contributed by atoms with Crippen LogP contribution in [0.25, 0.3) is 0 Å². The van der Waals surface area contributed by atoms with Gasteiger partial charge in [-0.2, -0.15) is 0 Å². The van der Waals surface area contributed by atoms with E-state index in [1.54, 1.807) is 0 Å². The molecule has 0 aliphatic carbocycles. The largest absolute Gasteiger partial charge is 0.388 e. The van der Waals surface area contributed by atoms with Gasteiger partial charge in [-0.05, 0) is 24.0 Å². The van der Waals surface area contributed by atoms with Crippen molar-refractivity contribution < 1.29 is 15.0 Å². The van der Waals surface area contributed by atoms with Crippen molar-refractivity contribution in [2.75, 3.05) is 0 Å². The fourth-order valence-electron chi connectivity index (χ4n) is 3.10. The second-order valence-electron chi connectivity index (χ2n) is 6.19. The number of rotatable bonds is 4. The van der Waals surface area contributed by atoms with Crippen LogP contribution in [-0.4, -0.2) is 40.5 Å². The Balaban J connectivity index is 1.73. The van der Waals surface area contributed by atoms with Gasteiger partial charge in [-0.1, -0.05) is 60.7 Å². The summed E-state index contributed by atoms with van der Waals surface area (Å²) in [5.41, 5.74) is 1.99. The van der Waals surface area contributed by atoms with Crippen LogP contribution in [0.15, 0.2) is 60.7 Å². The quantitative estimate of drug-likeness (QED) is 0.682. The second-order valence-corrected chi connectivity index (χ2v) is 6.19. The number of benzene rings is 2. The molecule has 0 aromatic heterocycles. The molecule has 4 N–H and O–H groups in total. The molecule has 1 aliphatic rings. The lowest BCUT2D eigenvalue weighted by molar-refractivity contribution is -0.0116. The Kier molecular flexibility index (Phi) is 5.13. The summed E-state index contributed by atoms with van der Waals surface area (Å²) in [5, 5.41) is 26.6. The third-order valence-corrected chi connectivity index (χ3v) is 4.40. The predicted molar refractivity (Wildman–Crippen MR) is 91.5 cm³/mol. The minimum Gasteiger partial charge on any atom is -0.388 e. The first-order chi connectivity index (χ1) is 11.6. The molecule has 1 unspecified atom stereocenters. The third-order valence-electron chi connectivity index (χ3n) is 4.40. The number of carbonyl (C=O) groups is 1. The highest BCUT2D eigenvalue weighted by atomic mass is 16.3. The summed E-state index contributed by atoms with van der Waals surface area (Å²) >= 11 is 0. The van der Waals surface area contributed by atoms with E-state index in [9.17, 15) is 15.0 Å². The average Bonchev–Trinajstić information content (AvgIpc) is 2.69. The Morgan fingerprint density at radius 1 is 0.708 bits per heavy atom. The van der Waals surface area contributed by atoms with Gasteiger partial charge in [0, 0.05) is 0 Å². The molecule has 3 rings (SSSR count). The van der Waals surface area contributed by atoms with Crippen LogP contribution in [0.4, 0.5) is 4.79 Å². The van der Waals surface area contributed by atoms with Gasteiger partial charge in [0.15, 0.2) is 0 Å². The normalized spacial score (nSPS) is 27.0. The summed E-state index contributed by atoms with van der Waals surface area (Å²) in [7, 11) is 0. The average molecular weight is 326 g/mol. The molecule has 1 saturated heterocycles. The summed E-state index contributed by atoms with van der Waals surface area (Å²) < 4.78 is 0. The number of aliphatic hydroxyl groups excluding tert-OH is 2. The summed E-state index contributed by atoms with van der Waals surface area (Å²) in [5.74, 6) is 0. The number of amides is 2. The summed E-state index contributed by atoms with van der Waals surface area (Å²) in [6.07, 6.45) is -1.16. The summed E-state index contributed by atoms with van der Waals surface area (Å²) in [6.45, 7) is 0. The smallest absolute Gasteiger partial charge is 0.315 e. The van der Waals surface area contributed by atoms with Crippen molar-refractivity contribution in [2.24, 2.45) is 0 Å². The van der Waals surface area contributed by atoms with E-state index in [-0.39, 0.29) is 6.03 Å². The molecule has 0 bridgehead atoms. The van der Waals surface area contributed by atoms with Gasteiger partial charge in [0.2, 0.25) is 0 Å². The lowest BCUT2D eigenvalue weighted by Crippen LogP contribution is -2.49. The lowest BCUT2D eigenvalue weighted by atomic mass is 9.92. The molecule has 4 atom stereocenters. The molecule has 2 aromatic carbocycles. The summed E-state index contributed by atoms with van der Waals surface area (Å²) in [6, 6.07) is 17.8. The molecule has 1 aliphatic heterocycles. The minimum absolute atomic E-state index is 0.368. The number of hydrogen-bond acceptors (Lipinski definition) is 3. The van der Waals surface area contributed by atoms with Crippen LogP contribution >= 0.6 is 0 Å². The molecule has 0 spiro atoms. The van der Waals surface area contributed by atoms with Gasteiger partial charge in [-0.3, -0.25) is 0 Å².